The summed E-state index contributed by atoms with van der Waals surface area (Å²) < 4.78 is 1.24. The molecule has 0 unspecified atom stereocenters. The Morgan fingerprint density at radius 3 is 1.00 bits per heavy atom. The van der Waals surface area contributed by atoms with Crippen LogP contribution in [0.3, 0.4) is 0 Å². The Morgan fingerprint density at radius 1 is 0.457 bits per heavy atom. The minimum atomic E-state index is 0. The molecule has 208 valence electrons. The lowest BCUT2D eigenvalue weighted by molar-refractivity contribution is -0.890. The van der Waals surface area contributed by atoms with Crippen LogP contribution in [0.5, 0.6) is 0 Å². The minimum absolute atomic E-state index is 0. The van der Waals surface area contributed by atoms with Crippen LogP contribution in [0, 0.1) is 6.92 Å². The first-order valence-corrected chi connectivity index (χ1v) is 15.4. The van der Waals surface area contributed by atoms with Gasteiger partial charge in [0.05, 0.1) is 27.2 Å². The molecule has 1 rings (SSSR count). The zero-order valence-corrected chi connectivity index (χ0v) is 25.5. The smallest absolute Gasteiger partial charge is 0.0782 e. The van der Waals surface area contributed by atoms with Crippen molar-refractivity contribution in [3.8, 4) is 0 Å². The highest BCUT2D eigenvalue weighted by Crippen LogP contribution is 2.14. The van der Waals surface area contributed by atoms with Crippen molar-refractivity contribution >= 4 is 0 Å². The maximum atomic E-state index is 2.45. The molecule has 2 heteroatoms. The van der Waals surface area contributed by atoms with E-state index in [1.54, 1.807) is 0 Å². The molecule has 0 N–H and O–H groups in total. The van der Waals surface area contributed by atoms with Gasteiger partial charge in [0.15, 0.2) is 0 Å². The number of rotatable bonds is 22. The van der Waals surface area contributed by atoms with Crippen LogP contribution in [0.1, 0.15) is 148 Å². The molecule has 1 aromatic rings. The number of hydrogen-bond donors (Lipinski definition) is 0. The van der Waals surface area contributed by atoms with Gasteiger partial charge in [-0.25, -0.2) is 0 Å². The summed E-state index contributed by atoms with van der Waals surface area (Å²) in [7, 11) is 4.89. The van der Waals surface area contributed by atoms with Gasteiger partial charge < -0.3 is 16.9 Å². The lowest BCUT2D eigenvalue weighted by atomic mass is 10.1. The average molecular weight is 510 g/mol. The van der Waals surface area contributed by atoms with Gasteiger partial charge in [-0.05, 0) is 32.6 Å². The van der Waals surface area contributed by atoms with Crippen LogP contribution < -0.4 is 12.4 Å². The first kappa shape index (κ1) is 36.6. The molecule has 0 radical (unpaired) electrons. The number of hydrogen-bond acceptors (Lipinski definition) is 0. The molecule has 0 spiro atoms. The third-order valence-electron chi connectivity index (χ3n) is 7.17. The van der Waals surface area contributed by atoms with Gasteiger partial charge in [0.1, 0.15) is 0 Å². The van der Waals surface area contributed by atoms with Crippen LogP contribution in [0.15, 0.2) is 30.3 Å². The number of aryl methyl sites for hydroxylation is 1. The van der Waals surface area contributed by atoms with Crippen molar-refractivity contribution < 1.29 is 16.9 Å². The molecule has 0 amide bonds. The normalized spacial score (nSPS) is 11.0. The van der Waals surface area contributed by atoms with E-state index in [0.29, 0.717) is 0 Å². The van der Waals surface area contributed by atoms with Crippen LogP contribution in [0.25, 0.3) is 0 Å². The number of nitrogens with zero attached hydrogens (tertiary/aromatic N) is 1. The predicted molar refractivity (Wildman–Crippen MR) is 157 cm³/mol. The largest absolute Gasteiger partial charge is 1.00 e. The zero-order chi connectivity index (χ0) is 25.2. The van der Waals surface area contributed by atoms with Gasteiger partial charge in [0, 0.05) is 0 Å². The molecule has 35 heavy (non-hydrogen) atoms. The van der Waals surface area contributed by atoms with E-state index in [4.69, 9.17) is 0 Å². The van der Waals surface area contributed by atoms with Crippen molar-refractivity contribution in [2.45, 2.75) is 149 Å². The number of halogens is 1. The maximum absolute atomic E-state index is 2.45. The van der Waals surface area contributed by atoms with E-state index in [1.807, 2.05) is 18.2 Å². The van der Waals surface area contributed by atoms with Gasteiger partial charge in [-0.2, -0.15) is 0 Å². The summed E-state index contributed by atoms with van der Waals surface area (Å²) in [6.07, 6.45) is 29.0. The monoisotopic (exact) mass is 509 g/mol. The van der Waals surface area contributed by atoms with E-state index >= 15 is 0 Å². The first-order chi connectivity index (χ1) is 16.5. The second-order valence-corrected chi connectivity index (χ2v) is 11.4. The molecule has 0 aliphatic heterocycles. The molecule has 0 atom stereocenters. The fraction of sp³-hybridized carbons (Fsp3) is 0.818. The van der Waals surface area contributed by atoms with Gasteiger partial charge >= 0.3 is 0 Å². The average Bonchev–Trinajstić information content (AvgIpc) is 2.82. The molecule has 0 aliphatic rings. The summed E-state index contributed by atoms with van der Waals surface area (Å²) in [5.74, 6) is 0. The summed E-state index contributed by atoms with van der Waals surface area (Å²) >= 11 is 0. The third kappa shape index (κ3) is 29.6. The third-order valence-corrected chi connectivity index (χ3v) is 7.17. The molecule has 0 bridgehead atoms. The molecule has 1 aromatic carbocycles. The molecule has 0 aliphatic carbocycles. The standard InChI is InChI=1S/C26H56N.C7H8.ClH/c1-5-7-9-11-13-15-17-19-21-23-25-27(3,4)26-24-22-20-18-16-14-12-10-8-6-2;1-7-5-3-2-4-6-7;/h5-26H2,1-4H3;2-6H,1H3;1H/q+1;;/p-1. The van der Waals surface area contributed by atoms with Gasteiger partial charge in [0.2, 0.25) is 0 Å². The van der Waals surface area contributed by atoms with E-state index in [9.17, 15) is 0 Å². The Balaban J connectivity index is 0. The summed E-state index contributed by atoms with van der Waals surface area (Å²) in [4.78, 5) is 0. The quantitative estimate of drug-likeness (QED) is 0.110. The molecule has 0 heterocycles. The van der Waals surface area contributed by atoms with Crippen LogP contribution >= 0.6 is 0 Å². The summed E-state index contributed by atoms with van der Waals surface area (Å²) in [6.45, 7) is 9.45. The maximum Gasteiger partial charge on any atom is 0.0782 e. The highest BCUT2D eigenvalue weighted by atomic mass is 35.5. The van der Waals surface area contributed by atoms with Crippen molar-refractivity contribution in [3.05, 3.63) is 35.9 Å². The van der Waals surface area contributed by atoms with Crippen LogP contribution in [0.4, 0.5) is 0 Å². The van der Waals surface area contributed by atoms with E-state index in [2.05, 4.69) is 47.0 Å². The van der Waals surface area contributed by atoms with Crippen molar-refractivity contribution in [1.29, 1.82) is 0 Å². The first-order valence-electron chi connectivity index (χ1n) is 15.4. The molecule has 0 aromatic heterocycles. The van der Waals surface area contributed by atoms with Gasteiger partial charge in [-0.3, -0.25) is 0 Å². The van der Waals surface area contributed by atoms with Crippen molar-refractivity contribution in [2.24, 2.45) is 0 Å². The van der Waals surface area contributed by atoms with Crippen molar-refractivity contribution in [3.63, 3.8) is 0 Å². The Labute approximate surface area is 228 Å². The molecule has 0 fully saturated rings. The molecular formula is C33H64ClN. The number of benzene rings is 1. The Bertz CT molecular complexity index is 473. The molecule has 1 nitrogen and oxygen atoms in total. The zero-order valence-electron chi connectivity index (χ0n) is 24.8. The highest BCUT2D eigenvalue weighted by Gasteiger charge is 2.13. The van der Waals surface area contributed by atoms with E-state index in [-0.39, 0.29) is 12.4 Å². The summed E-state index contributed by atoms with van der Waals surface area (Å²) in [6, 6.07) is 10.3. The van der Waals surface area contributed by atoms with E-state index in [0.717, 1.165) is 0 Å². The Morgan fingerprint density at radius 2 is 0.743 bits per heavy atom. The SMILES string of the molecule is CCCCCCCCCCCC[N+](C)(C)CCCCCCCCCCCC.Cc1ccccc1.[Cl-]. The number of unbranched alkanes of at least 4 members (excludes halogenated alkanes) is 18. The Kier molecular flexibility index (Phi) is 29.4. The van der Waals surface area contributed by atoms with Gasteiger partial charge in [0.25, 0.3) is 0 Å². The van der Waals surface area contributed by atoms with Crippen molar-refractivity contribution in [1.82, 2.24) is 0 Å². The molecular weight excluding hydrogens is 446 g/mol. The van der Waals surface area contributed by atoms with Crippen LogP contribution in [-0.2, 0) is 0 Å². The van der Waals surface area contributed by atoms with Crippen molar-refractivity contribution in [2.75, 3.05) is 27.2 Å². The molecule has 0 saturated heterocycles. The fourth-order valence-electron chi connectivity index (χ4n) is 4.70. The Hall–Kier alpha value is -0.530. The highest BCUT2D eigenvalue weighted by molar-refractivity contribution is 5.11. The van der Waals surface area contributed by atoms with E-state index < -0.39 is 0 Å². The predicted octanol–water partition coefficient (Wildman–Crippen LogP) is 7.90. The van der Waals surface area contributed by atoms with E-state index in [1.165, 1.54) is 152 Å². The minimum Gasteiger partial charge on any atom is -1.00 e. The van der Waals surface area contributed by atoms with Crippen LogP contribution in [0.2, 0.25) is 0 Å². The summed E-state index contributed by atoms with van der Waals surface area (Å²) in [5, 5.41) is 0. The number of quaternary nitrogens is 1. The van der Waals surface area contributed by atoms with Gasteiger partial charge in [-0.15, -0.1) is 0 Å². The topological polar surface area (TPSA) is 0 Å². The lowest BCUT2D eigenvalue weighted by Gasteiger charge is -2.30. The fourth-order valence-corrected chi connectivity index (χ4v) is 4.70. The van der Waals surface area contributed by atoms with Gasteiger partial charge in [-0.1, -0.05) is 152 Å². The molecule has 0 saturated carbocycles. The van der Waals surface area contributed by atoms with Crippen LogP contribution in [-0.4, -0.2) is 31.7 Å². The summed E-state index contributed by atoms with van der Waals surface area (Å²) in [5.41, 5.74) is 1.32. The second kappa shape index (κ2) is 28.0. The lowest BCUT2D eigenvalue weighted by Crippen LogP contribution is -3.00. The second-order valence-electron chi connectivity index (χ2n) is 11.4.